The van der Waals surface area contributed by atoms with Gasteiger partial charge in [0.2, 0.25) is 5.91 Å². The van der Waals surface area contributed by atoms with Gasteiger partial charge in [-0.3, -0.25) is 4.79 Å². The molecule has 0 atom stereocenters. The molecule has 0 radical (unpaired) electrons. The predicted octanol–water partition coefficient (Wildman–Crippen LogP) is -0.0863. The first-order chi connectivity index (χ1) is 8.79. The molecule has 0 bridgehead atoms. The first kappa shape index (κ1) is 13.6. The number of carboxylic acid groups (broad SMARTS) is 1. The van der Waals surface area contributed by atoms with Gasteiger partial charge in [-0.25, -0.2) is 9.59 Å². The lowest BCUT2D eigenvalue weighted by Gasteiger charge is -2.45. The van der Waals surface area contributed by atoms with Crippen LogP contribution in [0.3, 0.4) is 0 Å². The summed E-state index contributed by atoms with van der Waals surface area (Å²) in [5, 5.41) is 14.5. The van der Waals surface area contributed by atoms with Gasteiger partial charge in [-0.2, -0.15) is 0 Å². The molecule has 1 saturated heterocycles. The molecule has 1 heterocycles. The van der Waals surface area contributed by atoms with Crippen LogP contribution < -0.4 is 10.6 Å². The van der Waals surface area contributed by atoms with Gasteiger partial charge in [-0.05, 0) is 33.1 Å². The van der Waals surface area contributed by atoms with Gasteiger partial charge >= 0.3 is 12.0 Å². The molecule has 1 aliphatic heterocycles. The van der Waals surface area contributed by atoms with Gasteiger partial charge in [-0.1, -0.05) is 0 Å². The van der Waals surface area contributed by atoms with E-state index in [1.54, 1.807) is 13.8 Å². The van der Waals surface area contributed by atoms with Crippen LogP contribution in [-0.4, -0.2) is 52.1 Å². The second kappa shape index (κ2) is 4.40. The summed E-state index contributed by atoms with van der Waals surface area (Å²) in [7, 11) is 0. The van der Waals surface area contributed by atoms with Gasteiger partial charge in [0, 0.05) is 13.1 Å². The summed E-state index contributed by atoms with van der Waals surface area (Å²) in [5.41, 5.74) is -2.12. The molecule has 0 aromatic rings. The third kappa shape index (κ3) is 2.13. The highest BCUT2D eigenvalue weighted by Gasteiger charge is 2.48. The number of hydrogen-bond acceptors (Lipinski definition) is 3. The molecule has 0 aromatic heterocycles. The van der Waals surface area contributed by atoms with Crippen molar-refractivity contribution in [1.29, 1.82) is 0 Å². The highest BCUT2D eigenvalue weighted by molar-refractivity contribution is 5.93. The van der Waals surface area contributed by atoms with Crippen LogP contribution in [0.25, 0.3) is 0 Å². The molecule has 106 valence electrons. The lowest BCUT2D eigenvalue weighted by molar-refractivity contribution is -0.148. The first-order valence-corrected chi connectivity index (χ1v) is 6.41. The minimum atomic E-state index is -1.15. The third-order valence-corrected chi connectivity index (χ3v) is 4.06. The second-order valence-corrected chi connectivity index (χ2v) is 5.64. The number of urea groups is 1. The molecular weight excluding hydrogens is 250 g/mol. The van der Waals surface area contributed by atoms with Crippen LogP contribution in [0.2, 0.25) is 0 Å². The van der Waals surface area contributed by atoms with Crippen molar-refractivity contribution in [3.8, 4) is 0 Å². The maximum absolute atomic E-state index is 12.2. The van der Waals surface area contributed by atoms with E-state index in [0.717, 1.165) is 6.42 Å². The Balaban J connectivity index is 2.11. The monoisotopic (exact) mass is 269 g/mol. The molecule has 2 fully saturated rings. The molecule has 1 saturated carbocycles. The fourth-order valence-corrected chi connectivity index (χ4v) is 2.45. The number of rotatable bonds is 2. The summed E-state index contributed by atoms with van der Waals surface area (Å²) < 4.78 is 0. The largest absolute Gasteiger partial charge is 0.480 e. The Morgan fingerprint density at radius 3 is 2.47 bits per heavy atom. The van der Waals surface area contributed by atoms with Crippen LogP contribution in [-0.2, 0) is 9.59 Å². The second-order valence-electron chi connectivity index (χ2n) is 5.64. The number of amides is 3. The Morgan fingerprint density at radius 1 is 1.37 bits per heavy atom. The molecule has 1 aliphatic carbocycles. The van der Waals surface area contributed by atoms with E-state index in [1.807, 2.05) is 0 Å². The normalized spacial score (nSPS) is 24.1. The van der Waals surface area contributed by atoms with Crippen molar-refractivity contribution in [3.63, 3.8) is 0 Å². The van der Waals surface area contributed by atoms with Crippen molar-refractivity contribution in [2.24, 2.45) is 0 Å². The van der Waals surface area contributed by atoms with Gasteiger partial charge in [-0.15, -0.1) is 0 Å². The van der Waals surface area contributed by atoms with Gasteiger partial charge in [0.05, 0.1) is 0 Å². The van der Waals surface area contributed by atoms with Crippen molar-refractivity contribution in [3.05, 3.63) is 0 Å². The third-order valence-electron chi connectivity index (χ3n) is 4.06. The SMILES string of the molecule is CC1(C)C(=O)NCCN1C(=O)NC1(C(=O)O)CCC1. The Kier molecular flexibility index (Phi) is 3.15. The van der Waals surface area contributed by atoms with Crippen LogP contribution >= 0.6 is 0 Å². The van der Waals surface area contributed by atoms with E-state index in [1.165, 1.54) is 4.90 Å². The van der Waals surface area contributed by atoms with Crippen LogP contribution in [0.4, 0.5) is 4.79 Å². The molecule has 7 heteroatoms. The average Bonchev–Trinajstić information content (AvgIpc) is 2.26. The van der Waals surface area contributed by atoms with Crippen molar-refractivity contribution in [2.45, 2.75) is 44.2 Å². The fourth-order valence-electron chi connectivity index (χ4n) is 2.45. The zero-order valence-electron chi connectivity index (χ0n) is 11.2. The molecule has 0 unspecified atom stereocenters. The number of hydrogen-bond donors (Lipinski definition) is 3. The van der Waals surface area contributed by atoms with E-state index in [-0.39, 0.29) is 5.91 Å². The van der Waals surface area contributed by atoms with E-state index in [2.05, 4.69) is 10.6 Å². The molecule has 2 aliphatic rings. The number of carbonyl (C=O) groups excluding carboxylic acids is 2. The number of nitrogens with zero attached hydrogens (tertiary/aromatic N) is 1. The molecule has 0 aromatic carbocycles. The van der Waals surface area contributed by atoms with Gasteiger partial charge in [0.1, 0.15) is 11.1 Å². The zero-order chi connectivity index (χ0) is 14.3. The van der Waals surface area contributed by atoms with E-state index >= 15 is 0 Å². The van der Waals surface area contributed by atoms with Crippen molar-refractivity contribution in [1.82, 2.24) is 15.5 Å². The van der Waals surface area contributed by atoms with E-state index in [9.17, 15) is 19.5 Å². The Bertz CT molecular complexity index is 429. The molecule has 19 heavy (non-hydrogen) atoms. The average molecular weight is 269 g/mol. The van der Waals surface area contributed by atoms with Crippen molar-refractivity contribution in [2.75, 3.05) is 13.1 Å². The topological polar surface area (TPSA) is 98.7 Å². The summed E-state index contributed by atoms with van der Waals surface area (Å²) in [6.45, 7) is 4.06. The lowest BCUT2D eigenvalue weighted by atomic mass is 9.77. The van der Waals surface area contributed by atoms with Crippen LogP contribution in [0, 0.1) is 0 Å². The van der Waals surface area contributed by atoms with Gasteiger partial charge in [0.15, 0.2) is 0 Å². The standard InChI is InChI=1S/C12H19N3O4/c1-11(2)8(16)13-6-7-15(11)10(19)14-12(9(17)18)4-3-5-12/h3-7H2,1-2H3,(H,13,16)(H,14,19)(H,17,18). The molecule has 3 N–H and O–H groups in total. The minimum absolute atomic E-state index is 0.230. The maximum Gasteiger partial charge on any atom is 0.329 e. The van der Waals surface area contributed by atoms with Crippen LogP contribution in [0.1, 0.15) is 33.1 Å². The number of carboxylic acids is 1. The van der Waals surface area contributed by atoms with Crippen molar-refractivity contribution < 1.29 is 19.5 Å². The molecule has 2 rings (SSSR count). The van der Waals surface area contributed by atoms with Crippen molar-refractivity contribution >= 4 is 17.9 Å². The minimum Gasteiger partial charge on any atom is -0.480 e. The fraction of sp³-hybridized carbons (Fsp3) is 0.750. The van der Waals surface area contributed by atoms with Crippen LogP contribution in [0.15, 0.2) is 0 Å². The molecule has 7 nitrogen and oxygen atoms in total. The van der Waals surface area contributed by atoms with E-state index in [0.29, 0.717) is 25.9 Å². The van der Waals surface area contributed by atoms with Gasteiger partial charge < -0.3 is 20.6 Å². The Hall–Kier alpha value is -1.79. The summed E-state index contributed by atoms with van der Waals surface area (Å²) in [4.78, 5) is 36.6. The lowest BCUT2D eigenvalue weighted by Crippen LogP contribution is -2.69. The first-order valence-electron chi connectivity index (χ1n) is 6.41. The Morgan fingerprint density at radius 2 is 2.00 bits per heavy atom. The summed E-state index contributed by atoms with van der Waals surface area (Å²) in [6.07, 6.45) is 1.67. The molecule has 3 amide bonds. The number of carbonyl (C=O) groups is 3. The zero-order valence-corrected chi connectivity index (χ0v) is 11.2. The molecule has 0 spiro atoms. The predicted molar refractivity (Wildman–Crippen MR) is 66.5 cm³/mol. The highest BCUT2D eigenvalue weighted by Crippen LogP contribution is 2.32. The highest BCUT2D eigenvalue weighted by atomic mass is 16.4. The van der Waals surface area contributed by atoms with E-state index in [4.69, 9.17) is 0 Å². The number of nitrogens with one attached hydrogen (secondary N) is 2. The van der Waals surface area contributed by atoms with Crippen LogP contribution in [0.5, 0.6) is 0 Å². The Labute approximate surface area is 111 Å². The quantitative estimate of drug-likeness (QED) is 0.652. The number of piperazine rings is 1. The number of aliphatic carboxylic acids is 1. The summed E-state index contributed by atoms with van der Waals surface area (Å²) in [6, 6.07) is -0.484. The van der Waals surface area contributed by atoms with E-state index < -0.39 is 23.1 Å². The maximum atomic E-state index is 12.2. The van der Waals surface area contributed by atoms with Gasteiger partial charge in [0.25, 0.3) is 0 Å². The summed E-state index contributed by atoms with van der Waals surface area (Å²) in [5.74, 6) is -1.24. The smallest absolute Gasteiger partial charge is 0.329 e. The summed E-state index contributed by atoms with van der Waals surface area (Å²) >= 11 is 0. The molecular formula is C12H19N3O4.